The maximum atomic E-state index is 13.3. The lowest BCUT2D eigenvalue weighted by atomic mass is 10.0. The van der Waals surface area contributed by atoms with Gasteiger partial charge in [-0.2, -0.15) is 0 Å². The van der Waals surface area contributed by atoms with Gasteiger partial charge in [-0.1, -0.05) is 12.1 Å². The summed E-state index contributed by atoms with van der Waals surface area (Å²) in [6.45, 7) is 0. The van der Waals surface area contributed by atoms with Gasteiger partial charge >= 0.3 is 0 Å². The monoisotopic (exact) mass is 463 g/mol. The summed E-state index contributed by atoms with van der Waals surface area (Å²) in [5.74, 6) is 0.818. The molecule has 168 valence electrons. The number of para-hydroxylation sites is 1. The second-order valence-electron chi connectivity index (χ2n) is 7.16. The molecule has 33 heavy (non-hydrogen) atoms. The Morgan fingerprint density at radius 2 is 1.67 bits per heavy atom. The summed E-state index contributed by atoms with van der Waals surface area (Å²) < 4.78 is 33.7. The Labute approximate surface area is 191 Å². The number of nitrogens with one attached hydrogen (secondary N) is 1. The molecule has 0 aliphatic rings. The van der Waals surface area contributed by atoms with E-state index in [4.69, 9.17) is 19.6 Å². The number of benzene rings is 3. The molecule has 0 bridgehead atoms. The van der Waals surface area contributed by atoms with Crippen molar-refractivity contribution in [3.63, 3.8) is 0 Å². The SMILES string of the molecule is COc1ccc2nc(-c3ccccc3OC)cc(C(=O)Nc3ccc(S(N)(=O)=O)cc3)c2c1. The summed E-state index contributed by atoms with van der Waals surface area (Å²) in [4.78, 5) is 18.0. The van der Waals surface area contributed by atoms with Gasteiger partial charge in [0.2, 0.25) is 10.0 Å². The highest BCUT2D eigenvalue weighted by atomic mass is 32.2. The lowest BCUT2D eigenvalue weighted by Gasteiger charge is -2.13. The summed E-state index contributed by atoms with van der Waals surface area (Å²) in [6.07, 6.45) is 0. The number of fused-ring (bicyclic) bond motifs is 1. The van der Waals surface area contributed by atoms with Crippen molar-refractivity contribution in [1.82, 2.24) is 4.98 Å². The van der Waals surface area contributed by atoms with E-state index in [0.717, 1.165) is 5.56 Å². The third kappa shape index (κ3) is 4.64. The number of methoxy groups -OCH3 is 2. The Balaban J connectivity index is 1.81. The molecule has 1 amide bonds. The lowest BCUT2D eigenvalue weighted by Crippen LogP contribution is -2.14. The van der Waals surface area contributed by atoms with Gasteiger partial charge in [0.1, 0.15) is 11.5 Å². The van der Waals surface area contributed by atoms with Gasteiger partial charge in [-0.3, -0.25) is 4.79 Å². The molecule has 3 N–H and O–H groups in total. The fourth-order valence-electron chi connectivity index (χ4n) is 3.44. The minimum absolute atomic E-state index is 0.0435. The van der Waals surface area contributed by atoms with Crippen LogP contribution < -0.4 is 19.9 Å². The smallest absolute Gasteiger partial charge is 0.256 e. The Morgan fingerprint density at radius 3 is 2.33 bits per heavy atom. The van der Waals surface area contributed by atoms with Gasteiger partial charge in [-0.05, 0) is 60.7 Å². The van der Waals surface area contributed by atoms with E-state index in [9.17, 15) is 13.2 Å². The number of hydrogen-bond donors (Lipinski definition) is 2. The average molecular weight is 464 g/mol. The van der Waals surface area contributed by atoms with Crippen LogP contribution in [0.4, 0.5) is 5.69 Å². The number of pyridine rings is 1. The maximum Gasteiger partial charge on any atom is 0.256 e. The van der Waals surface area contributed by atoms with Crippen LogP contribution in [-0.4, -0.2) is 33.5 Å². The zero-order valence-electron chi connectivity index (χ0n) is 17.9. The van der Waals surface area contributed by atoms with Gasteiger partial charge in [0.15, 0.2) is 0 Å². The van der Waals surface area contributed by atoms with Crippen LogP contribution in [0.15, 0.2) is 77.7 Å². The van der Waals surface area contributed by atoms with Crippen LogP contribution in [-0.2, 0) is 10.0 Å². The van der Waals surface area contributed by atoms with E-state index in [-0.39, 0.29) is 4.90 Å². The van der Waals surface area contributed by atoms with Crippen LogP contribution >= 0.6 is 0 Å². The molecule has 4 rings (SSSR count). The van der Waals surface area contributed by atoms with Crippen molar-refractivity contribution in [2.45, 2.75) is 4.90 Å². The Hall–Kier alpha value is -3.95. The van der Waals surface area contributed by atoms with E-state index < -0.39 is 15.9 Å². The molecule has 0 fully saturated rings. The Kier molecular flexibility index (Phi) is 5.99. The average Bonchev–Trinajstić information content (AvgIpc) is 2.82. The number of ether oxygens (including phenoxy) is 2. The van der Waals surface area contributed by atoms with E-state index in [1.807, 2.05) is 24.3 Å². The van der Waals surface area contributed by atoms with Crippen LogP contribution in [0.5, 0.6) is 11.5 Å². The van der Waals surface area contributed by atoms with E-state index in [1.54, 1.807) is 38.5 Å². The van der Waals surface area contributed by atoms with Crippen LogP contribution in [0.2, 0.25) is 0 Å². The van der Waals surface area contributed by atoms with E-state index in [0.29, 0.717) is 39.3 Å². The molecule has 0 saturated carbocycles. The van der Waals surface area contributed by atoms with E-state index >= 15 is 0 Å². The molecule has 1 heterocycles. The molecular weight excluding hydrogens is 442 g/mol. The highest BCUT2D eigenvalue weighted by Crippen LogP contribution is 2.32. The normalized spacial score (nSPS) is 11.2. The molecule has 0 aliphatic carbocycles. The molecular formula is C24H21N3O5S. The van der Waals surface area contributed by atoms with Crippen LogP contribution in [0.3, 0.4) is 0 Å². The third-order valence-electron chi connectivity index (χ3n) is 5.08. The topological polar surface area (TPSA) is 121 Å². The number of amides is 1. The molecule has 0 spiro atoms. The molecule has 4 aromatic rings. The molecule has 9 heteroatoms. The largest absolute Gasteiger partial charge is 0.497 e. The van der Waals surface area contributed by atoms with Crippen LogP contribution in [0.1, 0.15) is 10.4 Å². The van der Waals surface area contributed by atoms with Crippen LogP contribution in [0, 0.1) is 0 Å². The Morgan fingerprint density at radius 1 is 0.939 bits per heavy atom. The summed E-state index contributed by atoms with van der Waals surface area (Å²) in [6, 6.07) is 20.0. The quantitative estimate of drug-likeness (QED) is 0.448. The first-order valence-electron chi connectivity index (χ1n) is 9.86. The molecule has 0 atom stereocenters. The summed E-state index contributed by atoms with van der Waals surface area (Å²) in [5.41, 5.74) is 2.70. The van der Waals surface area contributed by atoms with Crippen molar-refractivity contribution in [3.05, 3.63) is 78.4 Å². The summed E-state index contributed by atoms with van der Waals surface area (Å²) in [5, 5.41) is 8.54. The third-order valence-corrected chi connectivity index (χ3v) is 6.01. The van der Waals surface area contributed by atoms with Gasteiger partial charge < -0.3 is 14.8 Å². The highest BCUT2D eigenvalue weighted by molar-refractivity contribution is 7.89. The number of hydrogen-bond acceptors (Lipinski definition) is 6. The zero-order valence-corrected chi connectivity index (χ0v) is 18.7. The van der Waals surface area contributed by atoms with E-state index in [2.05, 4.69) is 5.32 Å². The predicted molar refractivity (Wildman–Crippen MR) is 126 cm³/mol. The van der Waals surface area contributed by atoms with Crippen molar-refractivity contribution < 1.29 is 22.7 Å². The first-order chi connectivity index (χ1) is 15.8. The van der Waals surface area contributed by atoms with Crippen molar-refractivity contribution >= 4 is 32.5 Å². The van der Waals surface area contributed by atoms with Gasteiger partial charge in [0.05, 0.1) is 35.9 Å². The lowest BCUT2D eigenvalue weighted by molar-refractivity contribution is 0.102. The molecule has 1 aromatic heterocycles. The molecule has 0 saturated heterocycles. The fraction of sp³-hybridized carbons (Fsp3) is 0.0833. The van der Waals surface area contributed by atoms with Crippen LogP contribution in [0.25, 0.3) is 22.2 Å². The van der Waals surface area contributed by atoms with E-state index in [1.165, 1.54) is 24.3 Å². The number of carbonyl (C=O) groups is 1. The fourth-order valence-corrected chi connectivity index (χ4v) is 3.96. The highest BCUT2D eigenvalue weighted by Gasteiger charge is 2.17. The van der Waals surface area contributed by atoms with Gasteiger partial charge in [-0.15, -0.1) is 0 Å². The number of nitrogens with zero attached hydrogens (tertiary/aromatic N) is 1. The van der Waals surface area contributed by atoms with Crippen molar-refractivity contribution in [2.24, 2.45) is 5.14 Å². The first-order valence-corrected chi connectivity index (χ1v) is 11.4. The number of aromatic nitrogens is 1. The number of anilines is 1. The van der Waals surface area contributed by atoms with Gasteiger partial charge in [0, 0.05) is 16.6 Å². The van der Waals surface area contributed by atoms with Gasteiger partial charge in [0.25, 0.3) is 5.91 Å². The molecule has 8 nitrogen and oxygen atoms in total. The summed E-state index contributed by atoms with van der Waals surface area (Å²) >= 11 is 0. The van der Waals surface area contributed by atoms with Gasteiger partial charge in [-0.25, -0.2) is 18.5 Å². The molecule has 3 aromatic carbocycles. The predicted octanol–water partition coefficient (Wildman–Crippen LogP) is 3.82. The Bertz CT molecular complexity index is 1450. The molecule has 0 radical (unpaired) electrons. The van der Waals surface area contributed by atoms with Crippen molar-refractivity contribution in [3.8, 4) is 22.8 Å². The van der Waals surface area contributed by atoms with Crippen molar-refractivity contribution in [2.75, 3.05) is 19.5 Å². The number of sulfonamides is 1. The standard InChI is InChI=1S/C24H21N3O5S/c1-31-16-9-12-21-19(13-16)20(14-22(27-21)18-5-3-4-6-23(18)32-2)24(28)26-15-7-10-17(11-8-15)33(25,29)30/h3-14H,1-2H3,(H,26,28)(H2,25,29,30). The molecule has 0 unspecified atom stereocenters. The minimum atomic E-state index is -3.83. The minimum Gasteiger partial charge on any atom is -0.497 e. The number of carbonyl (C=O) groups excluding carboxylic acids is 1. The maximum absolute atomic E-state index is 13.3. The van der Waals surface area contributed by atoms with Crippen molar-refractivity contribution in [1.29, 1.82) is 0 Å². The molecule has 0 aliphatic heterocycles. The number of primary sulfonamides is 1. The number of rotatable bonds is 6. The second kappa shape index (κ2) is 8.89. The second-order valence-corrected chi connectivity index (χ2v) is 8.72. The number of nitrogens with two attached hydrogens (primary N) is 1. The summed E-state index contributed by atoms with van der Waals surface area (Å²) in [7, 11) is -0.707. The first kappa shape index (κ1) is 22.3. The zero-order chi connectivity index (χ0) is 23.6.